The molecular weight excluding hydrogens is 512 g/mol. The molecule has 0 bridgehead atoms. The first-order chi connectivity index (χ1) is 19.5. The number of carbonyl (C=O) groups is 2. The average Bonchev–Trinajstić information content (AvgIpc) is 3.60. The Morgan fingerprint density at radius 3 is 2.48 bits per heavy atom. The van der Waals surface area contributed by atoms with Crippen LogP contribution in [-0.4, -0.2) is 40.2 Å². The van der Waals surface area contributed by atoms with Crippen molar-refractivity contribution in [1.82, 2.24) is 9.80 Å². The third-order valence-electron chi connectivity index (χ3n) is 9.27. The van der Waals surface area contributed by atoms with E-state index < -0.39 is 0 Å². The lowest BCUT2D eigenvalue weighted by Crippen LogP contribution is -2.52. The molecule has 1 aliphatic carbocycles. The number of fused-ring (bicyclic) bond motifs is 3. The van der Waals surface area contributed by atoms with Gasteiger partial charge in [-0.15, -0.1) is 11.3 Å². The van der Waals surface area contributed by atoms with Crippen LogP contribution in [0.5, 0.6) is 0 Å². The van der Waals surface area contributed by atoms with Crippen LogP contribution in [0.25, 0.3) is 10.4 Å². The quantitative estimate of drug-likeness (QED) is 0.275. The largest absolute Gasteiger partial charge is 0.335 e. The zero-order valence-electron chi connectivity index (χ0n) is 23.8. The minimum Gasteiger partial charge on any atom is -0.335 e. The highest BCUT2D eigenvalue weighted by molar-refractivity contribution is 7.17. The van der Waals surface area contributed by atoms with Crippen LogP contribution in [0.15, 0.2) is 72.8 Å². The van der Waals surface area contributed by atoms with E-state index in [1.54, 1.807) is 11.3 Å². The van der Waals surface area contributed by atoms with E-state index in [9.17, 15) is 9.59 Å². The Labute approximate surface area is 242 Å². The standard InChI is InChI=1S/C35H40N2O2S/c1-4-20-36(27-21-30(23(2)3)37-31(22-27)28-12-8-9-13-29(28)34(37)38)35(39)33-19-18-32(40-33)26-16-14-25(15-17-26)24-10-6-5-7-11-24/h8-9,12-19,24,27,30-31H,2,4-7,10-11,20-22H2,1,3H3/t27-,30+,31+/m1/s1. The van der Waals surface area contributed by atoms with Gasteiger partial charge in [-0.2, -0.15) is 0 Å². The minimum atomic E-state index is -0.0719. The van der Waals surface area contributed by atoms with Crippen molar-refractivity contribution in [2.75, 3.05) is 6.54 Å². The van der Waals surface area contributed by atoms with Gasteiger partial charge in [-0.05, 0) is 79.8 Å². The zero-order chi connectivity index (χ0) is 27.8. The number of carbonyl (C=O) groups excluding carboxylic acids is 2. The van der Waals surface area contributed by atoms with Crippen molar-refractivity contribution in [2.45, 2.75) is 89.3 Å². The van der Waals surface area contributed by atoms with Crippen LogP contribution in [0.2, 0.25) is 0 Å². The van der Waals surface area contributed by atoms with E-state index in [4.69, 9.17) is 0 Å². The molecule has 0 radical (unpaired) electrons. The van der Waals surface area contributed by atoms with Crippen LogP contribution in [0, 0.1) is 0 Å². The summed E-state index contributed by atoms with van der Waals surface area (Å²) >= 11 is 1.60. The van der Waals surface area contributed by atoms with Gasteiger partial charge in [0.05, 0.1) is 17.0 Å². The third-order valence-corrected chi connectivity index (χ3v) is 10.4. The van der Waals surface area contributed by atoms with Gasteiger partial charge in [-0.25, -0.2) is 0 Å². The van der Waals surface area contributed by atoms with E-state index in [1.165, 1.54) is 43.2 Å². The Morgan fingerprint density at radius 1 is 1.00 bits per heavy atom. The Hall–Kier alpha value is -3.18. The molecule has 4 nitrogen and oxygen atoms in total. The van der Waals surface area contributed by atoms with Crippen LogP contribution < -0.4 is 0 Å². The lowest BCUT2D eigenvalue weighted by Gasteiger charge is -2.46. The summed E-state index contributed by atoms with van der Waals surface area (Å²) in [6.07, 6.45) is 9.04. The molecule has 0 spiro atoms. The van der Waals surface area contributed by atoms with Crippen molar-refractivity contribution < 1.29 is 9.59 Å². The molecule has 1 saturated carbocycles. The van der Waals surface area contributed by atoms with Gasteiger partial charge in [0.2, 0.25) is 0 Å². The van der Waals surface area contributed by atoms with E-state index in [2.05, 4.69) is 54.8 Å². The summed E-state index contributed by atoms with van der Waals surface area (Å²) in [5.41, 5.74) is 5.50. The second-order valence-corrected chi connectivity index (χ2v) is 13.0. The number of amides is 2. The summed E-state index contributed by atoms with van der Waals surface area (Å²) in [5, 5.41) is 0. The van der Waals surface area contributed by atoms with Gasteiger partial charge in [-0.1, -0.05) is 80.8 Å². The lowest BCUT2D eigenvalue weighted by atomic mass is 9.84. The predicted octanol–water partition coefficient (Wildman–Crippen LogP) is 8.62. The second-order valence-electron chi connectivity index (χ2n) is 11.9. The Kier molecular flexibility index (Phi) is 7.67. The smallest absolute Gasteiger partial charge is 0.264 e. The number of hydrogen-bond donors (Lipinski definition) is 0. The molecule has 3 aliphatic rings. The topological polar surface area (TPSA) is 40.6 Å². The number of nitrogens with zero attached hydrogens (tertiary/aromatic N) is 2. The van der Waals surface area contributed by atoms with Crippen molar-refractivity contribution in [3.8, 4) is 10.4 Å². The van der Waals surface area contributed by atoms with Gasteiger partial charge in [0.25, 0.3) is 11.8 Å². The van der Waals surface area contributed by atoms with Gasteiger partial charge in [0.15, 0.2) is 0 Å². The number of rotatable bonds is 7. The molecule has 3 atom stereocenters. The number of thiophene rings is 1. The lowest BCUT2D eigenvalue weighted by molar-refractivity contribution is 0.0309. The maximum Gasteiger partial charge on any atom is 0.264 e. The van der Waals surface area contributed by atoms with Gasteiger partial charge in [-0.3, -0.25) is 9.59 Å². The molecule has 2 fully saturated rings. The maximum atomic E-state index is 14.1. The number of piperidine rings is 1. The van der Waals surface area contributed by atoms with Crippen molar-refractivity contribution in [3.05, 3.63) is 94.4 Å². The Balaban J connectivity index is 1.23. The molecule has 2 aromatic carbocycles. The summed E-state index contributed by atoms with van der Waals surface area (Å²) in [6, 6.07) is 21.1. The number of hydrogen-bond acceptors (Lipinski definition) is 3. The first-order valence-corrected chi connectivity index (χ1v) is 15.9. The third kappa shape index (κ3) is 4.94. The second kappa shape index (κ2) is 11.4. The van der Waals surface area contributed by atoms with Crippen molar-refractivity contribution >= 4 is 23.2 Å². The SMILES string of the molecule is C=C(C)[C@@H]1C[C@@H](N(CCC)C(=O)c2ccc(-c3ccc(C4CCCCC4)cc3)s2)C[C@H]2c3ccccc3C(=O)N12. The number of benzene rings is 2. The van der Waals surface area contributed by atoms with Crippen LogP contribution in [0.4, 0.5) is 0 Å². The molecule has 2 amide bonds. The summed E-state index contributed by atoms with van der Waals surface area (Å²) in [4.78, 5) is 33.4. The molecule has 0 N–H and O–H groups in total. The molecule has 40 heavy (non-hydrogen) atoms. The zero-order valence-corrected chi connectivity index (χ0v) is 24.6. The predicted molar refractivity (Wildman–Crippen MR) is 164 cm³/mol. The van der Waals surface area contributed by atoms with Gasteiger partial charge < -0.3 is 9.80 Å². The molecule has 0 unspecified atom stereocenters. The fraction of sp³-hybridized carbons (Fsp3) is 0.429. The minimum absolute atomic E-state index is 0.0159. The molecule has 208 valence electrons. The van der Waals surface area contributed by atoms with E-state index >= 15 is 0 Å². The molecule has 1 saturated heterocycles. The van der Waals surface area contributed by atoms with Gasteiger partial charge >= 0.3 is 0 Å². The fourth-order valence-corrected chi connectivity index (χ4v) is 8.19. The fourth-order valence-electron chi connectivity index (χ4n) is 7.23. The molecule has 5 heteroatoms. The maximum absolute atomic E-state index is 14.1. The van der Waals surface area contributed by atoms with E-state index in [0.717, 1.165) is 45.7 Å². The van der Waals surface area contributed by atoms with Gasteiger partial charge in [0.1, 0.15) is 0 Å². The van der Waals surface area contributed by atoms with Crippen LogP contribution in [-0.2, 0) is 0 Å². The Bertz CT molecular complexity index is 1400. The van der Waals surface area contributed by atoms with Crippen LogP contribution >= 0.6 is 11.3 Å². The molecule has 3 aromatic rings. The monoisotopic (exact) mass is 552 g/mol. The molecule has 3 heterocycles. The summed E-state index contributed by atoms with van der Waals surface area (Å²) in [5.74, 6) is 0.897. The highest BCUT2D eigenvalue weighted by atomic mass is 32.1. The van der Waals surface area contributed by atoms with Crippen LogP contribution in [0.1, 0.15) is 108 Å². The summed E-state index contributed by atoms with van der Waals surface area (Å²) in [6.45, 7) is 9.11. The van der Waals surface area contributed by atoms with E-state index in [0.29, 0.717) is 12.5 Å². The molecule has 6 rings (SSSR count). The van der Waals surface area contributed by atoms with Crippen molar-refractivity contribution in [1.29, 1.82) is 0 Å². The molecule has 1 aromatic heterocycles. The van der Waals surface area contributed by atoms with E-state index in [-0.39, 0.29) is 29.9 Å². The Morgan fingerprint density at radius 2 is 1.75 bits per heavy atom. The normalized spacial score (nSPS) is 22.6. The summed E-state index contributed by atoms with van der Waals surface area (Å²) < 4.78 is 0. The molecular formula is C35H40N2O2S. The highest BCUT2D eigenvalue weighted by Crippen LogP contribution is 2.45. The van der Waals surface area contributed by atoms with Crippen molar-refractivity contribution in [2.24, 2.45) is 0 Å². The van der Waals surface area contributed by atoms with Crippen LogP contribution in [0.3, 0.4) is 0 Å². The first-order valence-electron chi connectivity index (χ1n) is 15.0. The van der Waals surface area contributed by atoms with Crippen molar-refractivity contribution in [3.63, 3.8) is 0 Å². The highest BCUT2D eigenvalue weighted by Gasteiger charge is 2.47. The van der Waals surface area contributed by atoms with Gasteiger partial charge in [0, 0.05) is 23.0 Å². The van der Waals surface area contributed by atoms with E-state index in [1.807, 2.05) is 36.1 Å². The average molecular weight is 553 g/mol. The molecule has 2 aliphatic heterocycles. The summed E-state index contributed by atoms with van der Waals surface area (Å²) in [7, 11) is 0. The first kappa shape index (κ1) is 27.0.